The summed E-state index contributed by atoms with van der Waals surface area (Å²) in [4.78, 5) is 14.1. The Labute approximate surface area is 167 Å². The molecule has 0 saturated heterocycles. The second-order valence-electron chi connectivity index (χ2n) is 6.91. The molecule has 0 amide bonds. The first-order chi connectivity index (χ1) is 13.8. The predicted octanol–water partition coefficient (Wildman–Crippen LogP) is 5.71. The molecule has 0 aliphatic carbocycles. The third kappa shape index (κ3) is 4.85. The number of rotatable bonds is 7. The van der Waals surface area contributed by atoms with Crippen LogP contribution in [0.1, 0.15) is 41.3 Å². The maximum absolute atomic E-state index is 12.8. The average Bonchev–Trinajstić information content (AvgIpc) is 3.16. The minimum Gasteiger partial charge on any atom is -0.370 e. The van der Waals surface area contributed by atoms with E-state index in [1.807, 2.05) is 37.1 Å². The number of nitrogens with one attached hydrogen (secondary N) is 1. The Hall–Kier alpha value is -3.09. The molecule has 0 atom stereocenters. The van der Waals surface area contributed by atoms with Crippen molar-refractivity contribution in [1.29, 1.82) is 0 Å². The first-order valence-electron chi connectivity index (χ1n) is 9.34. The molecule has 1 N–H and O–H groups in total. The zero-order valence-corrected chi connectivity index (χ0v) is 16.3. The van der Waals surface area contributed by atoms with E-state index in [0.717, 1.165) is 29.8 Å². The van der Waals surface area contributed by atoms with E-state index in [1.165, 1.54) is 12.1 Å². The molecule has 29 heavy (non-hydrogen) atoms. The number of nitrogens with zero attached hydrogens (tertiary/aromatic N) is 2. The van der Waals surface area contributed by atoms with Gasteiger partial charge in [0.05, 0.1) is 11.3 Å². The van der Waals surface area contributed by atoms with E-state index in [9.17, 15) is 18.0 Å². The number of aromatic nitrogens is 2. The molecule has 3 aromatic rings. The van der Waals surface area contributed by atoms with Gasteiger partial charge in [-0.05, 0) is 30.7 Å². The van der Waals surface area contributed by atoms with E-state index in [0.29, 0.717) is 29.8 Å². The first-order valence-corrected chi connectivity index (χ1v) is 9.34. The van der Waals surface area contributed by atoms with E-state index in [-0.39, 0.29) is 5.78 Å². The second-order valence-corrected chi connectivity index (χ2v) is 6.91. The van der Waals surface area contributed by atoms with Crippen LogP contribution in [0.15, 0.2) is 54.7 Å². The summed E-state index contributed by atoms with van der Waals surface area (Å²) in [6, 6.07) is 12.4. The summed E-state index contributed by atoms with van der Waals surface area (Å²) in [7, 11) is 1.90. The molecule has 7 heteroatoms. The van der Waals surface area contributed by atoms with Crippen molar-refractivity contribution in [1.82, 2.24) is 10.2 Å². The SMILES string of the molecule is CCCC(=O)c1cccc(N(C)Cc2c[nH]nc2-c2ccc(C(F)(F)F)cc2)c1. The van der Waals surface area contributed by atoms with E-state index >= 15 is 0 Å². The number of alkyl halides is 3. The fourth-order valence-corrected chi connectivity index (χ4v) is 3.14. The molecular weight excluding hydrogens is 379 g/mol. The highest BCUT2D eigenvalue weighted by atomic mass is 19.4. The molecule has 152 valence electrons. The van der Waals surface area contributed by atoms with Crippen molar-refractivity contribution in [3.63, 3.8) is 0 Å². The van der Waals surface area contributed by atoms with Crippen molar-refractivity contribution in [3.8, 4) is 11.3 Å². The van der Waals surface area contributed by atoms with Crippen LogP contribution < -0.4 is 4.90 Å². The molecule has 3 rings (SSSR count). The highest BCUT2D eigenvalue weighted by Gasteiger charge is 2.30. The van der Waals surface area contributed by atoms with Gasteiger partial charge in [0.1, 0.15) is 0 Å². The number of carbonyl (C=O) groups excluding carboxylic acids is 1. The van der Waals surface area contributed by atoms with Crippen molar-refractivity contribution in [2.45, 2.75) is 32.5 Å². The van der Waals surface area contributed by atoms with Crippen LogP contribution in [0.25, 0.3) is 11.3 Å². The molecule has 1 aromatic heterocycles. The van der Waals surface area contributed by atoms with Gasteiger partial charge >= 0.3 is 6.18 Å². The number of Topliss-reactive ketones (excluding diaryl/α,β-unsaturated/α-hetero) is 1. The molecule has 0 unspecified atom stereocenters. The summed E-state index contributed by atoms with van der Waals surface area (Å²) in [5.41, 5.74) is 2.91. The Morgan fingerprint density at radius 3 is 2.52 bits per heavy atom. The molecule has 0 bridgehead atoms. The van der Waals surface area contributed by atoms with Crippen LogP contribution in [-0.2, 0) is 12.7 Å². The molecule has 2 aromatic carbocycles. The molecule has 4 nitrogen and oxygen atoms in total. The molecule has 0 spiro atoms. The Bertz CT molecular complexity index is 977. The lowest BCUT2D eigenvalue weighted by molar-refractivity contribution is -0.137. The average molecular weight is 401 g/mol. The first kappa shape index (κ1) is 20.6. The highest BCUT2D eigenvalue weighted by Crippen LogP contribution is 2.31. The molecule has 0 radical (unpaired) electrons. The van der Waals surface area contributed by atoms with Gasteiger partial charge in [0.15, 0.2) is 5.78 Å². The van der Waals surface area contributed by atoms with Crippen molar-refractivity contribution in [2.75, 3.05) is 11.9 Å². The van der Waals surface area contributed by atoms with Crippen LogP contribution in [0.2, 0.25) is 0 Å². The molecule has 0 aliphatic heterocycles. The monoisotopic (exact) mass is 401 g/mol. The van der Waals surface area contributed by atoms with Crippen LogP contribution in [0.4, 0.5) is 18.9 Å². The van der Waals surface area contributed by atoms with Gasteiger partial charge < -0.3 is 4.90 Å². The molecule has 1 heterocycles. The maximum Gasteiger partial charge on any atom is 0.416 e. The number of carbonyl (C=O) groups is 1. The van der Waals surface area contributed by atoms with Crippen molar-refractivity contribution >= 4 is 11.5 Å². The minimum absolute atomic E-state index is 0.108. The summed E-state index contributed by atoms with van der Waals surface area (Å²) < 4.78 is 38.4. The van der Waals surface area contributed by atoms with Gasteiger partial charge in [0.2, 0.25) is 0 Å². The Kier molecular flexibility index (Phi) is 6.06. The van der Waals surface area contributed by atoms with Crippen LogP contribution in [0, 0.1) is 0 Å². The number of anilines is 1. The minimum atomic E-state index is -4.37. The number of H-pyrrole nitrogens is 1. The maximum atomic E-state index is 12.8. The summed E-state index contributed by atoms with van der Waals surface area (Å²) in [5, 5.41) is 7.00. The van der Waals surface area contributed by atoms with Crippen molar-refractivity contribution in [3.05, 3.63) is 71.4 Å². The number of aromatic amines is 1. The number of hydrogen-bond donors (Lipinski definition) is 1. The number of benzene rings is 2. The lowest BCUT2D eigenvalue weighted by Gasteiger charge is -2.20. The van der Waals surface area contributed by atoms with E-state index in [1.54, 1.807) is 12.3 Å². The zero-order chi connectivity index (χ0) is 21.0. The lowest BCUT2D eigenvalue weighted by atomic mass is 10.0. The van der Waals surface area contributed by atoms with Gasteiger partial charge in [-0.3, -0.25) is 9.89 Å². The molecular formula is C22H22F3N3O. The highest BCUT2D eigenvalue weighted by molar-refractivity contribution is 5.96. The Balaban J connectivity index is 1.80. The van der Waals surface area contributed by atoms with Crippen molar-refractivity contribution < 1.29 is 18.0 Å². The van der Waals surface area contributed by atoms with Gasteiger partial charge in [-0.2, -0.15) is 18.3 Å². The van der Waals surface area contributed by atoms with E-state index < -0.39 is 11.7 Å². The number of halogens is 3. The van der Waals surface area contributed by atoms with Gasteiger partial charge in [-0.1, -0.05) is 31.2 Å². The van der Waals surface area contributed by atoms with Gasteiger partial charge in [0.25, 0.3) is 0 Å². The van der Waals surface area contributed by atoms with Gasteiger partial charge in [0, 0.05) is 48.6 Å². The smallest absolute Gasteiger partial charge is 0.370 e. The topological polar surface area (TPSA) is 49.0 Å². The number of ketones is 1. The number of hydrogen-bond acceptors (Lipinski definition) is 3. The fourth-order valence-electron chi connectivity index (χ4n) is 3.14. The Morgan fingerprint density at radius 2 is 1.86 bits per heavy atom. The second kappa shape index (κ2) is 8.51. The standard InChI is InChI=1S/C22H22F3N3O/c1-3-5-20(29)16-6-4-7-19(12-16)28(2)14-17-13-26-27-21(17)15-8-10-18(11-9-15)22(23,24)25/h4,6-13H,3,5,14H2,1-2H3,(H,26,27). The lowest BCUT2D eigenvalue weighted by Crippen LogP contribution is -2.17. The third-order valence-electron chi connectivity index (χ3n) is 4.70. The zero-order valence-electron chi connectivity index (χ0n) is 16.3. The normalized spacial score (nSPS) is 11.5. The fraction of sp³-hybridized carbons (Fsp3) is 0.273. The summed E-state index contributed by atoms with van der Waals surface area (Å²) in [6.45, 7) is 2.45. The van der Waals surface area contributed by atoms with E-state index in [2.05, 4.69) is 10.2 Å². The largest absolute Gasteiger partial charge is 0.416 e. The van der Waals surface area contributed by atoms with Gasteiger partial charge in [-0.25, -0.2) is 0 Å². The molecule has 0 saturated carbocycles. The Morgan fingerprint density at radius 1 is 1.14 bits per heavy atom. The van der Waals surface area contributed by atoms with Crippen LogP contribution in [0.5, 0.6) is 0 Å². The summed E-state index contributed by atoms with van der Waals surface area (Å²) >= 11 is 0. The predicted molar refractivity (Wildman–Crippen MR) is 107 cm³/mol. The summed E-state index contributed by atoms with van der Waals surface area (Å²) in [5.74, 6) is 0.108. The molecule has 0 aliphatic rings. The van der Waals surface area contributed by atoms with E-state index in [4.69, 9.17) is 0 Å². The van der Waals surface area contributed by atoms with Crippen molar-refractivity contribution in [2.24, 2.45) is 0 Å². The third-order valence-corrected chi connectivity index (χ3v) is 4.70. The van der Waals surface area contributed by atoms with Crippen LogP contribution in [0.3, 0.4) is 0 Å². The molecule has 0 fully saturated rings. The van der Waals surface area contributed by atoms with Crippen LogP contribution >= 0.6 is 0 Å². The van der Waals surface area contributed by atoms with Gasteiger partial charge in [-0.15, -0.1) is 0 Å². The quantitative estimate of drug-likeness (QED) is 0.516. The summed E-state index contributed by atoms with van der Waals surface area (Å²) in [6.07, 6.45) is -1.33. The van der Waals surface area contributed by atoms with Crippen LogP contribution in [-0.4, -0.2) is 23.0 Å².